The Morgan fingerprint density at radius 3 is 2.50 bits per heavy atom. The van der Waals surface area contributed by atoms with E-state index >= 15 is 0 Å². The summed E-state index contributed by atoms with van der Waals surface area (Å²) in [5.41, 5.74) is 5.38. The molecule has 0 aliphatic heterocycles. The molecule has 1 N–H and O–H groups in total. The number of nitrogens with zero attached hydrogens (tertiary/aromatic N) is 6. The Morgan fingerprint density at radius 1 is 1.03 bits per heavy atom. The minimum Gasteiger partial charge on any atom is -0.497 e. The van der Waals surface area contributed by atoms with Gasteiger partial charge in [-0.15, -0.1) is 5.10 Å². The lowest BCUT2D eigenvalue weighted by Gasteiger charge is -2.09. The molecule has 10 heteroatoms. The number of aryl methyl sites for hydroxylation is 3. The monoisotopic (exact) mass is 485 g/mol. The molecule has 5 aromatic rings. The number of hydrogen-bond acceptors (Lipinski definition) is 7. The van der Waals surface area contributed by atoms with Gasteiger partial charge in [-0.2, -0.15) is 10.2 Å². The van der Waals surface area contributed by atoms with Crippen molar-refractivity contribution in [2.45, 2.75) is 33.9 Å². The van der Waals surface area contributed by atoms with Gasteiger partial charge in [0.2, 0.25) is 0 Å². The molecule has 0 atom stereocenters. The maximum Gasteiger partial charge on any atom is 0.337 e. The molecule has 0 saturated carbocycles. The standard InChI is InChI=1S/C26H27N7O3/c1-6-32-22(11-15(2)30-32)24-27-25(33(31-24)14-17-7-9-19(35-4)10-8-17)21-13-18(26(34)36-5)12-20-16(3)28-29-23(20)21/h7-13H,6,14H2,1-5H3,(H,28,29). The first-order chi connectivity index (χ1) is 17.4. The molecule has 3 aromatic heterocycles. The van der Waals surface area contributed by atoms with Gasteiger partial charge in [0.05, 0.1) is 32.0 Å². The van der Waals surface area contributed by atoms with Gasteiger partial charge >= 0.3 is 5.97 Å². The summed E-state index contributed by atoms with van der Waals surface area (Å²) in [6, 6.07) is 13.3. The zero-order chi connectivity index (χ0) is 25.4. The number of rotatable bonds is 7. The fourth-order valence-electron chi connectivity index (χ4n) is 4.28. The van der Waals surface area contributed by atoms with Crippen LogP contribution in [0.5, 0.6) is 5.75 Å². The number of methoxy groups -OCH3 is 2. The highest BCUT2D eigenvalue weighted by Crippen LogP contribution is 2.32. The van der Waals surface area contributed by atoms with Crippen molar-refractivity contribution >= 4 is 16.9 Å². The topological polar surface area (TPSA) is 113 Å². The fraction of sp³-hybridized carbons (Fsp3) is 0.269. The SMILES string of the molecule is CCn1nc(C)cc1-c1nc(-c2cc(C(=O)OC)cc3c(C)[nH]nc23)n(Cc2ccc(OC)cc2)n1. The van der Waals surface area contributed by atoms with Crippen molar-refractivity contribution in [1.82, 2.24) is 34.7 Å². The number of hydrogen-bond donors (Lipinski definition) is 1. The Kier molecular flexibility index (Phi) is 6.01. The molecule has 184 valence electrons. The third-order valence-corrected chi connectivity index (χ3v) is 6.11. The predicted molar refractivity (Wildman–Crippen MR) is 135 cm³/mol. The number of carbonyl (C=O) groups excluding carboxylic acids is 1. The smallest absolute Gasteiger partial charge is 0.337 e. The normalized spacial score (nSPS) is 11.2. The van der Waals surface area contributed by atoms with Crippen molar-refractivity contribution in [3.8, 4) is 28.7 Å². The van der Waals surface area contributed by atoms with Crippen LogP contribution in [0.25, 0.3) is 33.8 Å². The zero-order valence-electron chi connectivity index (χ0n) is 20.9. The Labute approximate surface area is 207 Å². The van der Waals surface area contributed by atoms with Crippen molar-refractivity contribution < 1.29 is 14.3 Å². The van der Waals surface area contributed by atoms with Gasteiger partial charge in [0.25, 0.3) is 0 Å². The van der Waals surface area contributed by atoms with Crippen LogP contribution in [0.1, 0.15) is 34.2 Å². The number of benzene rings is 2. The van der Waals surface area contributed by atoms with Gasteiger partial charge in [-0.25, -0.2) is 14.5 Å². The number of nitrogens with one attached hydrogen (secondary N) is 1. The van der Waals surface area contributed by atoms with E-state index in [1.54, 1.807) is 19.2 Å². The number of aromatic nitrogens is 7. The third kappa shape index (κ3) is 4.10. The lowest BCUT2D eigenvalue weighted by atomic mass is 10.0. The molecule has 0 aliphatic rings. The van der Waals surface area contributed by atoms with Crippen LogP contribution in [0, 0.1) is 13.8 Å². The van der Waals surface area contributed by atoms with Crippen LogP contribution in [0.4, 0.5) is 0 Å². The molecule has 0 unspecified atom stereocenters. The maximum atomic E-state index is 12.5. The van der Waals surface area contributed by atoms with E-state index < -0.39 is 5.97 Å². The van der Waals surface area contributed by atoms with E-state index in [0.717, 1.165) is 33.8 Å². The van der Waals surface area contributed by atoms with E-state index in [1.807, 2.05) is 60.5 Å². The van der Waals surface area contributed by atoms with E-state index in [2.05, 4.69) is 15.3 Å². The minimum absolute atomic E-state index is 0.416. The zero-order valence-corrected chi connectivity index (χ0v) is 20.9. The highest BCUT2D eigenvalue weighted by atomic mass is 16.5. The summed E-state index contributed by atoms with van der Waals surface area (Å²) in [6.07, 6.45) is 0. The summed E-state index contributed by atoms with van der Waals surface area (Å²) < 4.78 is 14.0. The average Bonchev–Trinajstić information content (AvgIpc) is 3.60. The van der Waals surface area contributed by atoms with Crippen LogP contribution >= 0.6 is 0 Å². The Balaban J connectivity index is 1.72. The lowest BCUT2D eigenvalue weighted by molar-refractivity contribution is 0.0601. The van der Waals surface area contributed by atoms with Crippen LogP contribution in [0.2, 0.25) is 0 Å². The Bertz CT molecular complexity index is 1560. The highest BCUT2D eigenvalue weighted by molar-refractivity contribution is 6.01. The summed E-state index contributed by atoms with van der Waals surface area (Å²) in [7, 11) is 3.01. The fourth-order valence-corrected chi connectivity index (χ4v) is 4.28. The molecular weight excluding hydrogens is 458 g/mol. The van der Waals surface area contributed by atoms with Crippen LogP contribution < -0.4 is 4.74 Å². The molecule has 3 heterocycles. The van der Waals surface area contributed by atoms with Crippen molar-refractivity contribution in [3.63, 3.8) is 0 Å². The molecule has 0 bridgehead atoms. The number of aromatic amines is 1. The number of H-pyrrole nitrogens is 1. The molecule has 0 fully saturated rings. The number of esters is 1. The van der Waals surface area contributed by atoms with Gasteiger partial charge in [-0.1, -0.05) is 12.1 Å². The summed E-state index contributed by atoms with van der Waals surface area (Å²) in [5, 5.41) is 17.8. The number of carbonyl (C=O) groups is 1. The summed E-state index contributed by atoms with van der Waals surface area (Å²) >= 11 is 0. The first-order valence-corrected chi connectivity index (χ1v) is 11.6. The molecule has 5 rings (SSSR count). The molecule has 2 aromatic carbocycles. The number of ether oxygens (including phenoxy) is 2. The molecule has 0 amide bonds. The third-order valence-electron chi connectivity index (χ3n) is 6.11. The van der Waals surface area contributed by atoms with Crippen LogP contribution in [-0.4, -0.2) is 54.9 Å². The van der Waals surface area contributed by atoms with Crippen molar-refractivity contribution in [3.05, 3.63) is 65.0 Å². The Morgan fingerprint density at radius 2 is 1.81 bits per heavy atom. The molecule has 10 nitrogen and oxygen atoms in total. The van der Waals surface area contributed by atoms with Crippen molar-refractivity contribution in [2.24, 2.45) is 0 Å². The van der Waals surface area contributed by atoms with Crippen molar-refractivity contribution in [2.75, 3.05) is 14.2 Å². The Hall–Kier alpha value is -4.47. The predicted octanol–water partition coefficient (Wildman–Crippen LogP) is 4.17. The minimum atomic E-state index is -0.431. The molecule has 0 radical (unpaired) electrons. The van der Waals surface area contributed by atoms with Crippen LogP contribution in [0.3, 0.4) is 0 Å². The van der Waals surface area contributed by atoms with Gasteiger partial charge in [0.15, 0.2) is 11.6 Å². The van der Waals surface area contributed by atoms with Gasteiger partial charge in [0, 0.05) is 23.2 Å². The second-order valence-electron chi connectivity index (χ2n) is 8.51. The first kappa shape index (κ1) is 23.3. The second kappa shape index (κ2) is 9.29. The number of fused-ring (bicyclic) bond motifs is 1. The van der Waals surface area contributed by atoms with Gasteiger partial charge in [-0.05, 0) is 56.7 Å². The van der Waals surface area contributed by atoms with Crippen LogP contribution in [0.15, 0.2) is 42.5 Å². The molecule has 0 spiro atoms. The van der Waals surface area contributed by atoms with E-state index in [-0.39, 0.29) is 0 Å². The first-order valence-electron chi connectivity index (χ1n) is 11.6. The van der Waals surface area contributed by atoms with Crippen molar-refractivity contribution in [1.29, 1.82) is 0 Å². The molecule has 36 heavy (non-hydrogen) atoms. The summed E-state index contributed by atoms with van der Waals surface area (Å²) in [6.45, 7) is 7.03. The van der Waals surface area contributed by atoms with E-state index in [1.165, 1.54) is 7.11 Å². The second-order valence-corrected chi connectivity index (χ2v) is 8.51. The van der Waals surface area contributed by atoms with Crippen LogP contribution in [-0.2, 0) is 17.8 Å². The quantitative estimate of drug-likeness (QED) is 0.344. The highest BCUT2D eigenvalue weighted by Gasteiger charge is 2.22. The van der Waals surface area contributed by atoms with Gasteiger partial charge in [-0.3, -0.25) is 9.78 Å². The van der Waals surface area contributed by atoms with Gasteiger partial charge in [0.1, 0.15) is 17.0 Å². The molecule has 0 aliphatic carbocycles. The summed E-state index contributed by atoms with van der Waals surface area (Å²) in [4.78, 5) is 17.5. The molecule has 0 saturated heterocycles. The van der Waals surface area contributed by atoms with E-state index in [0.29, 0.717) is 41.4 Å². The molecular formula is C26H27N7O3. The van der Waals surface area contributed by atoms with Gasteiger partial charge < -0.3 is 9.47 Å². The van der Waals surface area contributed by atoms with E-state index in [4.69, 9.17) is 19.6 Å². The average molecular weight is 486 g/mol. The maximum absolute atomic E-state index is 12.5. The summed E-state index contributed by atoms with van der Waals surface area (Å²) in [5.74, 6) is 1.48. The van der Waals surface area contributed by atoms with E-state index in [9.17, 15) is 4.79 Å². The largest absolute Gasteiger partial charge is 0.497 e. The lowest BCUT2D eigenvalue weighted by Crippen LogP contribution is -2.06.